The predicted octanol–water partition coefficient (Wildman–Crippen LogP) is 3.55. The van der Waals surface area contributed by atoms with Crippen LogP contribution in [0.15, 0.2) is 30.3 Å². The van der Waals surface area contributed by atoms with Crippen molar-refractivity contribution in [3.63, 3.8) is 0 Å². The van der Waals surface area contributed by atoms with Gasteiger partial charge in [-0.05, 0) is 17.7 Å². The van der Waals surface area contributed by atoms with Gasteiger partial charge in [-0.2, -0.15) is 0 Å². The maximum atomic E-state index is 13.4. The van der Waals surface area contributed by atoms with Gasteiger partial charge in [0.25, 0.3) is 0 Å². The van der Waals surface area contributed by atoms with Crippen LogP contribution in [0.5, 0.6) is 0 Å². The summed E-state index contributed by atoms with van der Waals surface area (Å²) in [6.07, 6.45) is 0. The minimum absolute atomic E-state index is 0.0490. The van der Waals surface area contributed by atoms with E-state index in [1.807, 2.05) is 0 Å². The van der Waals surface area contributed by atoms with Crippen molar-refractivity contribution in [3.8, 4) is 0 Å². The minimum Gasteiger partial charge on any atom is -0.478 e. The van der Waals surface area contributed by atoms with E-state index in [0.717, 1.165) is 0 Å². The zero-order valence-corrected chi connectivity index (χ0v) is 10.5. The summed E-state index contributed by atoms with van der Waals surface area (Å²) >= 11 is 0. The topological polar surface area (TPSA) is 49.3 Å². The number of halogens is 4. The Hall–Kier alpha value is -2.57. The molecule has 7 heteroatoms. The third-order valence-electron chi connectivity index (χ3n) is 2.78. The smallest absolute Gasteiger partial charge is 0.335 e. The maximum Gasteiger partial charge on any atom is 0.335 e. The van der Waals surface area contributed by atoms with E-state index in [1.165, 1.54) is 24.3 Å². The van der Waals surface area contributed by atoms with Crippen LogP contribution in [0.2, 0.25) is 0 Å². The summed E-state index contributed by atoms with van der Waals surface area (Å²) in [5.41, 5.74) is -0.369. The van der Waals surface area contributed by atoms with Crippen molar-refractivity contribution >= 4 is 11.7 Å². The van der Waals surface area contributed by atoms with Gasteiger partial charge in [-0.1, -0.05) is 12.1 Å². The molecule has 0 aliphatic rings. The van der Waals surface area contributed by atoms with Crippen LogP contribution in [0, 0.1) is 23.3 Å². The molecule has 0 saturated carbocycles. The van der Waals surface area contributed by atoms with E-state index in [0.29, 0.717) is 5.56 Å². The normalized spacial score (nSPS) is 10.5. The summed E-state index contributed by atoms with van der Waals surface area (Å²) in [7, 11) is 0. The lowest BCUT2D eigenvalue weighted by molar-refractivity contribution is 0.0697. The van der Waals surface area contributed by atoms with Crippen molar-refractivity contribution in [2.45, 2.75) is 6.54 Å². The molecule has 0 fully saturated rings. The Morgan fingerprint density at radius 2 is 1.52 bits per heavy atom. The van der Waals surface area contributed by atoms with E-state index in [-0.39, 0.29) is 18.2 Å². The molecule has 2 aromatic rings. The quantitative estimate of drug-likeness (QED) is 0.670. The van der Waals surface area contributed by atoms with E-state index in [1.54, 1.807) is 0 Å². The highest BCUT2D eigenvalue weighted by atomic mass is 19.2. The summed E-state index contributed by atoms with van der Waals surface area (Å²) in [6, 6.07) is 5.57. The largest absolute Gasteiger partial charge is 0.478 e. The molecule has 0 aliphatic heterocycles. The summed E-state index contributed by atoms with van der Waals surface area (Å²) < 4.78 is 52.8. The Kier molecular flexibility index (Phi) is 4.11. The predicted molar refractivity (Wildman–Crippen MR) is 67.0 cm³/mol. The molecule has 2 N–H and O–H groups in total. The molecule has 3 nitrogen and oxygen atoms in total. The summed E-state index contributed by atoms with van der Waals surface area (Å²) in [4.78, 5) is 10.7. The molecular formula is C14H9F4NO2. The SMILES string of the molecule is O=C(O)c1ccc(CNc2c(F)c(F)cc(F)c2F)cc1. The van der Waals surface area contributed by atoms with Gasteiger partial charge in [0, 0.05) is 12.6 Å². The first-order valence-electron chi connectivity index (χ1n) is 5.79. The molecule has 0 heterocycles. The third kappa shape index (κ3) is 3.13. The van der Waals surface area contributed by atoms with Gasteiger partial charge in [-0.15, -0.1) is 0 Å². The Bertz CT molecular complexity index is 660. The van der Waals surface area contributed by atoms with E-state index in [2.05, 4.69) is 5.32 Å². The molecule has 0 bridgehead atoms. The van der Waals surface area contributed by atoms with Crippen molar-refractivity contribution in [1.29, 1.82) is 0 Å². The van der Waals surface area contributed by atoms with Crippen LogP contribution >= 0.6 is 0 Å². The molecular weight excluding hydrogens is 290 g/mol. The Balaban J connectivity index is 2.18. The molecule has 0 radical (unpaired) electrons. The van der Waals surface area contributed by atoms with Crippen LogP contribution < -0.4 is 5.32 Å². The highest BCUT2D eigenvalue weighted by Gasteiger charge is 2.18. The molecule has 110 valence electrons. The highest BCUT2D eigenvalue weighted by molar-refractivity contribution is 5.87. The van der Waals surface area contributed by atoms with Crippen molar-refractivity contribution in [3.05, 3.63) is 64.7 Å². The number of rotatable bonds is 4. The van der Waals surface area contributed by atoms with Gasteiger partial charge in [0.15, 0.2) is 23.3 Å². The average molecular weight is 299 g/mol. The number of anilines is 1. The van der Waals surface area contributed by atoms with Gasteiger partial charge in [-0.3, -0.25) is 0 Å². The molecule has 21 heavy (non-hydrogen) atoms. The van der Waals surface area contributed by atoms with Crippen LogP contribution in [-0.2, 0) is 6.54 Å². The van der Waals surface area contributed by atoms with Gasteiger partial charge in [0.05, 0.1) is 5.56 Å². The fourth-order valence-corrected chi connectivity index (χ4v) is 1.68. The molecule has 0 amide bonds. The second-order valence-corrected chi connectivity index (χ2v) is 4.20. The first-order valence-corrected chi connectivity index (χ1v) is 5.79. The number of carboxylic acid groups (broad SMARTS) is 1. The fraction of sp³-hybridized carbons (Fsp3) is 0.0714. The summed E-state index contributed by atoms with van der Waals surface area (Å²) in [6.45, 7) is -0.128. The minimum atomic E-state index is -1.52. The van der Waals surface area contributed by atoms with Crippen LogP contribution in [0.3, 0.4) is 0 Å². The number of carboxylic acids is 1. The zero-order valence-electron chi connectivity index (χ0n) is 10.5. The molecule has 0 atom stereocenters. The number of hydrogen-bond donors (Lipinski definition) is 2. The van der Waals surface area contributed by atoms with Crippen LogP contribution in [0.25, 0.3) is 0 Å². The Morgan fingerprint density at radius 3 is 2.00 bits per heavy atom. The molecule has 0 aromatic heterocycles. The summed E-state index contributed by atoms with van der Waals surface area (Å²) in [5.74, 6) is -7.15. The van der Waals surface area contributed by atoms with Crippen LogP contribution in [0.1, 0.15) is 15.9 Å². The molecule has 0 unspecified atom stereocenters. The molecule has 2 rings (SSSR count). The third-order valence-corrected chi connectivity index (χ3v) is 2.78. The van der Waals surface area contributed by atoms with E-state index < -0.39 is 34.9 Å². The molecule has 0 spiro atoms. The lowest BCUT2D eigenvalue weighted by Crippen LogP contribution is -2.07. The van der Waals surface area contributed by atoms with E-state index in [9.17, 15) is 22.4 Å². The molecule has 2 aromatic carbocycles. The van der Waals surface area contributed by atoms with E-state index >= 15 is 0 Å². The van der Waals surface area contributed by atoms with Gasteiger partial charge < -0.3 is 10.4 Å². The fourth-order valence-electron chi connectivity index (χ4n) is 1.68. The van der Waals surface area contributed by atoms with Crippen molar-refractivity contribution in [2.24, 2.45) is 0 Å². The number of benzene rings is 2. The molecule has 0 saturated heterocycles. The zero-order chi connectivity index (χ0) is 15.6. The lowest BCUT2D eigenvalue weighted by Gasteiger charge is -2.10. The monoisotopic (exact) mass is 299 g/mol. The first kappa shape index (κ1) is 14.8. The average Bonchev–Trinajstić information content (AvgIpc) is 2.45. The van der Waals surface area contributed by atoms with E-state index in [4.69, 9.17) is 5.11 Å². The van der Waals surface area contributed by atoms with Gasteiger partial charge in [0.2, 0.25) is 0 Å². The van der Waals surface area contributed by atoms with Crippen molar-refractivity contribution < 1.29 is 27.5 Å². The van der Waals surface area contributed by atoms with Crippen LogP contribution in [0.4, 0.5) is 23.2 Å². The number of aromatic carboxylic acids is 1. The molecule has 0 aliphatic carbocycles. The first-order chi connectivity index (χ1) is 9.90. The summed E-state index contributed by atoms with van der Waals surface area (Å²) in [5, 5.41) is 11.0. The second kappa shape index (κ2) is 5.82. The lowest BCUT2D eigenvalue weighted by atomic mass is 10.1. The van der Waals surface area contributed by atoms with Crippen molar-refractivity contribution in [2.75, 3.05) is 5.32 Å². The Labute approximate surface area is 116 Å². The van der Waals surface area contributed by atoms with Gasteiger partial charge in [0.1, 0.15) is 5.69 Å². The second-order valence-electron chi connectivity index (χ2n) is 4.20. The maximum absolute atomic E-state index is 13.4. The standard InChI is InChI=1S/C14H9F4NO2/c15-9-5-10(16)12(18)13(11(9)17)19-6-7-1-3-8(4-2-7)14(20)21/h1-5,19H,6H2,(H,20,21). The van der Waals surface area contributed by atoms with Crippen molar-refractivity contribution in [1.82, 2.24) is 0 Å². The van der Waals surface area contributed by atoms with Gasteiger partial charge >= 0.3 is 5.97 Å². The van der Waals surface area contributed by atoms with Gasteiger partial charge in [-0.25, -0.2) is 22.4 Å². The number of hydrogen-bond acceptors (Lipinski definition) is 2. The highest BCUT2D eigenvalue weighted by Crippen LogP contribution is 2.24. The Morgan fingerprint density at radius 1 is 1.00 bits per heavy atom. The van der Waals surface area contributed by atoms with Crippen LogP contribution in [-0.4, -0.2) is 11.1 Å². The number of nitrogens with one attached hydrogen (secondary N) is 1. The number of carbonyl (C=O) groups is 1.